The number of hydrogen-bond donors (Lipinski definition) is 2. The van der Waals surface area contributed by atoms with Crippen LogP contribution in [0.15, 0.2) is 22.7 Å². The zero-order valence-electron chi connectivity index (χ0n) is 10.8. The number of halogens is 2. The zero-order valence-corrected chi connectivity index (χ0v) is 12.3. The van der Waals surface area contributed by atoms with E-state index in [0.29, 0.717) is 10.9 Å². The largest absolute Gasteiger partial charge is 0.389 e. The third kappa shape index (κ3) is 2.60. The third-order valence-electron chi connectivity index (χ3n) is 4.02. The first kappa shape index (κ1) is 14.0. The smallest absolute Gasteiger partial charge is 0.137 e. The minimum atomic E-state index is -0.741. The van der Waals surface area contributed by atoms with E-state index < -0.39 is 5.60 Å². The Balaban J connectivity index is 2.23. The van der Waals surface area contributed by atoms with Gasteiger partial charge in [-0.15, -0.1) is 0 Å². The molecule has 0 radical (unpaired) electrons. The molecule has 2 nitrogen and oxygen atoms in total. The molecular weight excluding hydrogens is 297 g/mol. The summed E-state index contributed by atoms with van der Waals surface area (Å²) in [5, 5.41) is 14.2. The van der Waals surface area contributed by atoms with Crippen LogP contribution in [0, 0.1) is 11.2 Å². The van der Waals surface area contributed by atoms with Gasteiger partial charge in [0.25, 0.3) is 0 Å². The highest BCUT2D eigenvalue weighted by Gasteiger charge is 2.45. The van der Waals surface area contributed by atoms with Crippen molar-refractivity contribution in [1.82, 2.24) is 5.32 Å². The summed E-state index contributed by atoms with van der Waals surface area (Å²) in [4.78, 5) is 0. The first-order valence-electron chi connectivity index (χ1n) is 6.21. The maximum absolute atomic E-state index is 13.2. The van der Waals surface area contributed by atoms with Gasteiger partial charge >= 0.3 is 0 Å². The Morgan fingerprint density at radius 1 is 1.44 bits per heavy atom. The predicted molar refractivity (Wildman–Crippen MR) is 74.0 cm³/mol. The maximum atomic E-state index is 13.2. The van der Waals surface area contributed by atoms with Gasteiger partial charge < -0.3 is 10.4 Å². The molecule has 1 aliphatic heterocycles. The molecule has 1 atom stereocenters. The fraction of sp³-hybridized carbons (Fsp3) is 0.571. The lowest BCUT2D eigenvalue weighted by Crippen LogP contribution is -2.57. The van der Waals surface area contributed by atoms with Gasteiger partial charge in [-0.05, 0) is 46.6 Å². The molecule has 100 valence electrons. The van der Waals surface area contributed by atoms with Gasteiger partial charge in [-0.25, -0.2) is 4.39 Å². The molecule has 1 fully saturated rings. The topological polar surface area (TPSA) is 32.3 Å². The molecule has 1 saturated heterocycles. The SMILES string of the molecule is CC1(C)CNCCC1(O)Cc1ccc(F)c(Br)c1. The van der Waals surface area contributed by atoms with Gasteiger partial charge in [0, 0.05) is 18.4 Å². The van der Waals surface area contributed by atoms with Crippen molar-refractivity contribution in [2.24, 2.45) is 5.41 Å². The maximum Gasteiger partial charge on any atom is 0.137 e. The van der Waals surface area contributed by atoms with Gasteiger partial charge in [-0.2, -0.15) is 0 Å². The summed E-state index contributed by atoms with van der Waals surface area (Å²) in [6.45, 7) is 5.75. The molecule has 4 heteroatoms. The van der Waals surface area contributed by atoms with Gasteiger partial charge in [0.05, 0.1) is 10.1 Å². The minimum Gasteiger partial charge on any atom is -0.389 e. The summed E-state index contributed by atoms with van der Waals surface area (Å²) in [6, 6.07) is 4.94. The summed E-state index contributed by atoms with van der Waals surface area (Å²) in [5.74, 6) is -0.268. The summed E-state index contributed by atoms with van der Waals surface area (Å²) in [6.07, 6.45) is 1.27. The molecule has 1 aromatic rings. The van der Waals surface area contributed by atoms with Crippen LogP contribution in [-0.4, -0.2) is 23.8 Å². The van der Waals surface area contributed by atoms with Crippen LogP contribution in [0.5, 0.6) is 0 Å². The van der Waals surface area contributed by atoms with Crippen molar-refractivity contribution < 1.29 is 9.50 Å². The molecule has 0 bridgehead atoms. The molecular formula is C14H19BrFNO. The van der Waals surface area contributed by atoms with E-state index in [4.69, 9.17) is 0 Å². The van der Waals surface area contributed by atoms with E-state index in [-0.39, 0.29) is 11.2 Å². The van der Waals surface area contributed by atoms with Gasteiger partial charge in [-0.3, -0.25) is 0 Å². The van der Waals surface area contributed by atoms with E-state index >= 15 is 0 Å². The number of rotatable bonds is 2. The van der Waals surface area contributed by atoms with Crippen LogP contribution in [-0.2, 0) is 6.42 Å². The summed E-state index contributed by atoms with van der Waals surface area (Å²) in [5.41, 5.74) is 0.0301. The van der Waals surface area contributed by atoms with E-state index in [1.54, 1.807) is 12.1 Å². The van der Waals surface area contributed by atoms with Crippen LogP contribution < -0.4 is 5.32 Å². The van der Waals surface area contributed by atoms with E-state index in [0.717, 1.165) is 25.1 Å². The molecule has 2 N–H and O–H groups in total. The first-order chi connectivity index (χ1) is 8.34. The molecule has 0 spiro atoms. The Kier molecular flexibility index (Phi) is 3.81. The van der Waals surface area contributed by atoms with Crippen LogP contribution in [0.1, 0.15) is 25.8 Å². The quantitative estimate of drug-likeness (QED) is 0.879. The monoisotopic (exact) mass is 315 g/mol. The molecule has 18 heavy (non-hydrogen) atoms. The Labute approximate surface area is 116 Å². The Bertz CT molecular complexity index is 449. The molecule has 0 saturated carbocycles. The van der Waals surface area contributed by atoms with Crippen molar-refractivity contribution in [2.45, 2.75) is 32.3 Å². The number of piperidine rings is 1. The van der Waals surface area contributed by atoms with Crippen molar-refractivity contribution in [1.29, 1.82) is 0 Å². The lowest BCUT2D eigenvalue weighted by atomic mass is 9.68. The molecule has 1 unspecified atom stereocenters. The first-order valence-corrected chi connectivity index (χ1v) is 7.00. The Morgan fingerprint density at radius 3 is 2.78 bits per heavy atom. The number of nitrogens with one attached hydrogen (secondary N) is 1. The van der Waals surface area contributed by atoms with Crippen molar-refractivity contribution in [2.75, 3.05) is 13.1 Å². The molecule has 0 aliphatic carbocycles. The minimum absolute atomic E-state index is 0.188. The van der Waals surface area contributed by atoms with Crippen molar-refractivity contribution in [3.63, 3.8) is 0 Å². The van der Waals surface area contributed by atoms with Crippen LogP contribution >= 0.6 is 15.9 Å². The fourth-order valence-corrected chi connectivity index (χ4v) is 2.94. The molecule has 1 aliphatic rings. The Hall–Kier alpha value is -0.450. The van der Waals surface area contributed by atoms with Gasteiger partial charge in [0.1, 0.15) is 5.82 Å². The van der Waals surface area contributed by atoms with Crippen molar-refractivity contribution in [3.05, 3.63) is 34.1 Å². The number of hydrogen-bond acceptors (Lipinski definition) is 2. The fourth-order valence-electron chi connectivity index (χ4n) is 2.51. The normalized spacial score (nSPS) is 27.2. The van der Waals surface area contributed by atoms with Gasteiger partial charge in [-0.1, -0.05) is 19.9 Å². The lowest BCUT2D eigenvalue weighted by Gasteiger charge is -2.47. The van der Waals surface area contributed by atoms with Gasteiger partial charge in [0.15, 0.2) is 0 Å². The number of benzene rings is 1. The number of aliphatic hydroxyl groups is 1. The predicted octanol–water partition coefficient (Wildman–Crippen LogP) is 2.88. The van der Waals surface area contributed by atoms with Crippen LogP contribution in [0.2, 0.25) is 0 Å². The molecule has 1 heterocycles. The van der Waals surface area contributed by atoms with Crippen molar-refractivity contribution in [3.8, 4) is 0 Å². The molecule has 1 aromatic carbocycles. The third-order valence-corrected chi connectivity index (χ3v) is 4.63. The average molecular weight is 316 g/mol. The highest BCUT2D eigenvalue weighted by Crippen LogP contribution is 2.38. The second kappa shape index (κ2) is 4.91. The van der Waals surface area contributed by atoms with Crippen LogP contribution in [0.3, 0.4) is 0 Å². The van der Waals surface area contributed by atoms with E-state index in [1.807, 2.05) is 0 Å². The van der Waals surface area contributed by atoms with Gasteiger partial charge in [0.2, 0.25) is 0 Å². The van der Waals surface area contributed by atoms with Crippen molar-refractivity contribution >= 4 is 15.9 Å². The van der Waals surface area contributed by atoms with E-state index in [1.165, 1.54) is 6.07 Å². The highest BCUT2D eigenvalue weighted by atomic mass is 79.9. The van der Waals surface area contributed by atoms with Crippen LogP contribution in [0.4, 0.5) is 4.39 Å². The summed E-state index contributed by atoms with van der Waals surface area (Å²) in [7, 11) is 0. The average Bonchev–Trinajstić information content (AvgIpc) is 2.28. The summed E-state index contributed by atoms with van der Waals surface area (Å²) < 4.78 is 13.7. The second-order valence-corrected chi connectivity index (χ2v) is 6.62. The summed E-state index contributed by atoms with van der Waals surface area (Å²) >= 11 is 3.19. The standard InChI is InChI=1S/C14H19BrFNO/c1-13(2)9-17-6-5-14(13,18)8-10-3-4-12(16)11(15)7-10/h3-4,7,17-18H,5-6,8-9H2,1-2H3. The van der Waals surface area contributed by atoms with E-state index in [9.17, 15) is 9.50 Å². The molecule has 0 aromatic heterocycles. The van der Waals surface area contributed by atoms with E-state index in [2.05, 4.69) is 35.1 Å². The molecule has 2 rings (SSSR count). The molecule has 0 amide bonds. The highest BCUT2D eigenvalue weighted by molar-refractivity contribution is 9.10. The second-order valence-electron chi connectivity index (χ2n) is 5.77. The van der Waals surface area contributed by atoms with Crippen LogP contribution in [0.25, 0.3) is 0 Å². The Morgan fingerprint density at radius 2 is 2.17 bits per heavy atom. The lowest BCUT2D eigenvalue weighted by molar-refractivity contribution is -0.0869. The zero-order chi connectivity index (χ0) is 13.4.